The minimum Gasteiger partial charge on any atom is -0.414 e. The van der Waals surface area contributed by atoms with Crippen LogP contribution in [0.2, 0.25) is 18.1 Å². The van der Waals surface area contributed by atoms with E-state index in [1.165, 1.54) is 70.6 Å². The molecular formula is C31H56OSi. The van der Waals surface area contributed by atoms with E-state index in [0.717, 1.165) is 35.5 Å². The van der Waals surface area contributed by atoms with Crippen molar-refractivity contribution in [2.75, 3.05) is 0 Å². The van der Waals surface area contributed by atoms with Crippen molar-refractivity contribution in [1.29, 1.82) is 0 Å². The first-order valence-corrected chi connectivity index (χ1v) is 17.5. The number of hydrogen-bond acceptors (Lipinski definition) is 1. The molecule has 0 aromatic heterocycles. The average Bonchev–Trinajstić information content (AvgIpc) is 3.08. The summed E-state index contributed by atoms with van der Waals surface area (Å²) in [4.78, 5) is 0. The molecule has 0 N–H and O–H groups in total. The molecule has 4 rings (SSSR count). The van der Waals surface area contributed by atoms with Crippen LogP contribution < -0.4 is 0 Å². The third-order valence-electron chi connectivity index (χ3n) is 12.5. The van der Waals surface area contributed by atoms with Crippen LogP contribution in [0.3, 0.4) is 0 Å². The van der Waals surface area contributed by atoms with Crippen LogP contribution in [0.4, 0.5) is 0 Å². The zero-order chi connectivity index (χ0) is 24.2. The smallest absolute Gasteiger partial charge is 0.192 e. The predicted octanol–water partition coefficient (Wildman–Crippen LogP) is 9.64. The van der Waals surface area contributed by atoms with Crippen molar-refractivity contribution in [1.82, 2.24) is 0 Å². The van der Waals surface area contributed by atoms with Crippen LogP contribution in [0.15, 0.2) is 12.7 Å². The molecule has 0 saturated heterocycles. The van der Waals surface area contributed by atoms with Crippen LogP contribution in [-0.2, 0) is 4.43 Å². The molecule has 33 heavy (non-hydrogen) atoms. The van der Waals surface area contributed by atoms with Gasteiger partial charge in [-0.1, -0.05) is 47.6 Å². The highest BCUT2D eigenvalue weighted by atomic mass is 28.4. The summed E-state index contributed by atoms with van der Waals surface area (Å²) >= 11 is 0. The summed E-state index contributed by atoms with van der Waals surface area (Å²) in [5.41, 5.74) is 1.18. The van der Waals surface area contributed by atoms with Crippen molar-refractivity contribution in [3.8, 4) is 0 Å². The maximum Gasteiger partial charge on any atom is 0.192 e. The van der Waals surface area contributed by atoms with E-state index in [4.69, 9.17) is 4.43 Å². The molecular weight excluding hydrogens is 416 g/mol. The predicted molar refractivity (Wildman–Crippen MR) is 146 cm³/mol. The summed E-state index contributed by atoms with van der Waals surface area (Å²) in [6.07, 6.45) is 18.3. The van der Waals surface area contributed by atoms with Crippen molar-refractivity contribution in [3.63, 3.8) is 0 Å². The molecule has 0 heterocycles. The van der Waals surface area contributed by atoms with Gasteiger partial charge in [0.1, 0.15) is 0 Å². The van der Waals surface area contributed by atoms with Crippen LogP contribution in [0.25, 0.3) is 0 Å². The molecule has 4 aliphatic rings. The van der Waals surface area contributed by atoms with Gasteiger partial charge in [0.05, 0.1) is 0 Å². The molecule has 0 aromatic carbocycles. The Morgan fingerprint density at radius 2 is 1.64 bits per heavy atom. The van der Waals surface area contributed by atoms with Crippen LogP contribution in [-0.4, -0.2) is 14.4 Å². The molecule has 0 aromatic rings. The van der Waals surface area contributed by atoms with Gasteiger partial charge in [0.15, 0.2) is 8.32 Å². The van der Waals surface area contributed by atoms with Crippen LogP contribution in [0, 0.1) is 46.3 Å². The van der Waals surface area contributed by atoms with Crippen molar-refractivity contribution in [3.05, 3.63) is 12.7 Å². The molecule has 2 heteroatoms. The molecule has 0 spiro atoms. The van der Waals surface area contributed by atoms with E-state index < -0.39 is 8.32 Å². The summed E-state index contributed by atoms with van der Waals surface area (Å²) in [6, 6.07) is 0. The second-order valence-corrected chi connectivity index (χ2v) is 19.8. The third-order valence-corrected chi connectivity index (χ3v) is 17.0. The van der Waals surface area contributed by atoms with Crippen molar-refractivity contribution in [2.24, 2.45) is 46.3 Å². The first kappa shape index (κ1) is 26.0. The molecule has 0 bridgehead atoms. The highest BCUT2D eigenvalue weighted by Gasteiger charge is 2.60. The SMILES string of the molecule is C=CCC[C@@H](C)[C@H]1CC[C@H]2[C@@H]3CC[C@@H]4C[C@H](O[Si](C)(C)C(C)(C)C)CC[C@]4(C)[C@H]3CC[C@]12C. The van der Waals surface area contributed by atoms with Crippen LogP contribution >= 0.6 is 0 Å². The van der Waals surface area contributed by atoms with Gasteiger partial charge in [-0.3, -0.25) is 0 Å². The van der Waals surface area contributed by atoms with Crippen molar-refractivity contribution in [2.45, 2.75) is 136 Å². The molecule has 0 amide bonds. The summed E-state index contributed by atoms with van der Waals surface area (Å²) < 4.78 is 6.96. The fourth-order valence-electron chi connectivity index (χ4n) is 9.48. The Balaban J connectivity index is 1.45. The highest BCUT2D eigenvalue weighted by Crippen LogP contribution is 2.68. The minimum atomic E-state index is -1.67. The lowest BCUT2D eigenvalue weighted by atomic mass is 9.44. The molecule has 0 aliphatic heterocycles. The molecule has 0 radical (unpaired) electrons. The number of rotatable bonds is 6. The molecule has 0 unspecified atom stereocenters. The molecule has 4 aliphatic carbocycles. The van der Waals surface area contributed by atoms with Gasteiger partial charge in [0, 0.05) is 6.10 Å². The maximum absolute atomic E-state index is 6.96. The van der Waals surface area contributed by atoms with Crippen LogP contribution in [0.5, 0.6) is 0 Å². The maximum atomic E-state index is 6.96. The second kappa shape index (κ2) is 9.09. The first-order chi connectivity index (χ1) is 15.3. The van der Waals surface area contributed by atoms with Gasteiger partial charge in [-0.25, -0.2) is 0 Å². The van der Waals surface area contributed by atoms with Gasteiger partial charge in [0.2, 0.25) is 0 Å². The Labute approximate surface area is 208 Å². The van der Waals surface area contributed by atoms with Gasteiger partial charge < -0.3 is 4.43 Å². The van der Waals surface area contributed by atoms with E-state index in [9.17, 15) is 0 Å². The lowest BCUT2D eigenvalue weighted by molar-refractivity contribution is -0.127. The summed E-state index contributed by atoms with van der Waals surface area (Å²) in [5.74, 6) is 5.68. The van der Waals surface area contributed by atoms with Gasteiger partial charge >= 0.3 is 0 Å². The van der Waals surface area contributed by atoms with E-state index in [2.05, 4.69) is 67.3 Å². The molecule has 190 valence electrons. The standard InChI is InChI=1S/C31H56OSi/c1-10-11-12-22(2)26-15-16-27-25-14-13-23-21-24(32-33(8,9)29(3,4)5)17-19-30(23,6)28(25)18-20-31(26,27)7/h10,22-28H,1,11-21H2,2-9H3/t22-,23-,24-,25+,26-,27+,28+,30+,31-/m1/s1. The summed E-state index contributed by atoms with van der Waals surface area (Å²) in [6.45, 7) is 24.1. The van der Waals surface area contributed by atoms with Crippen molar-refractivity contribution < 1.29 is 4.43 Å². The van der Waals surface area contributed by atoms with Gasteiger partial charge in [-0.2, -0.15) is 0 Å². The largest absolute Gasteiger partial charge is 0.414 e. The third kappa shape index (κ3) is 4.47. The monoisotopic (exact) mass is 472 g/mol. The minimum absolute atomic E-state index is 0.320. The zero-order valence-corrected chi connectivity index (χ0v) is 24.5. The fraction of sp³-hybridized carbons (Fsp3) is 0.935. The number of fused-ring (bicyclic) bond motifs is 5. The van der Waals surface area contributed by atoms with E-state index in [-0.39, 0.29) is 0 Å². The lowest BCUT2D eigenvalue weighted by Crippen LogP contribution is -2.55. The lowest BCUT2D eigenvalue weighted by Gasteiger charge is -2.61. The highest BCUT2D eigenvalue weighted by molar-refractivity contribution is 6.74. The van der Waals surface area contributed by atoms with E-state index in [0.29, 0.717) is 22.0 Å². The average molecular weight is 473 g/mol. The van der Waals surface area contributed by atoms with E-state index in [1.54, 1.807) is 0 Å². The molecule has 1 nitrogen and oxygen atoms in total. The molecule has 4 saturated carbocycles. The Hall–Kier alpha value is -0.0831. The number of allylic oxidation sites excluding steroid dienone is 1. The zero-order valence-electron chi connectivity index (χ0n) is 23.5. The van der Waals surface area contributed by atoms with E-state index in [1.807, 2.05) is 0 Å². The Bertz CT molecular complexity index is 706. The molecule has 9 atom stereocenters. The number of hydrogen-bond donors (Lipinski definition) is 0. The summed E-state index contributed by atoms with van der Waals surface area (Å²) in [7, 11) is -1.67. The fourth-order valence-corrected chi connectivity index (χ4v) is 10.9. The van der Waals surface area contributed by atoms with Crippen LogP contribution in [0.1, 0.15) is 112 Å². The topological polar surface area (TPSA) is 9.23 Å². The van der Waals surface area contributed by atoms with E-state index >= 15 is 0 Å². The van der Waals surface area contributed by atoms with Gasteiger partial charge in [-0.05, 0) is 135 Å². The van der Waals surface area contributed by atoms with Crippen molar-refractivity contribution >= 4 is 8.32 Å². The quantitative estimate of drug-likeness (QED) is 0.276. The van der Waals surface area contributed by atoms with Gasteiger partial charge in [0.25, 0.3) is 0 Å². The second-order valence-electron chi connectivity index (χ2n) is 15.0. The first-order valence-electron chi connectivity index (χ1n) is 14.6. The Morgan fingerprint density at radius 1 is 0.970 bits per heavy atom. The molecule has 4 fully saturated rings. The Morgan fingerprint density at radius 3 is 2.30 bits per heavy atom. The summed E-state index contributed by atoms with van der Waals surface area (Å²) in [5, 5.41) is 0.320. The Kier molecular flexibility index (Phi) is 7.16. The van der Waals surface area contributed by atoms with Gasteiger partial charge in [-0.15, -0.1) is 6.58 Å². The normalized spacial score (nSPS) is 44.5.